The number of nitrogens with zero attached hydrogens (tertiary/aromatic N) is 2. The van der Waals surface area contributed by atoms with E-state index in [1.165, 1.54) is 6.07 Å². The molecule has 2 rings (SSSR count). The van der Waals surface area contributed by atoms with Crippen molar-refractivity contribution in [3.05, 3.63) is 39.7 Å². The minimum Gasteiger partial charge on any atom is -0.339 e. The maximum atomic E-state index is 13.8. The number of amides is 1. The summed E-state index contributed by atoms with van der Waals surface area (Å²) in [5, 5.41) is 11.4. The molecule has 0 radical (unpaired) electrons. The first-order valence-corrected chi connectivity index (χ1v) is 7.44. The fraction of sp³-hybridized carbons (Fsp3) is 0.462. The van der Waals surface area contributed by atoms with E-state index in [0.29, 0.717) is 19.0 Å². The van der Waals surface area contributed by atoms with Gasteiger partial charge in [-0.25, -0.2) is 4.39 Å². The first kappa shape index (κ1) is 14.9. The number of benzene rings is 1. The topological polar surface area (TPSA) is 63.4 Å². The zero-order chi connectivity index (χ0) is 14.7. The number of rotatable bonds is 3. The Kier molecular flexibility index (Phi) is 4.69. The summed E-state index contributed by atoms with van der Waals surface area (Å²) in [4.78, 5) is 23.7. The van der Waals surface area contributed by atoms with Gasteiger partial charge in [0.15, 0.2) is 0 Å². The number of piperidine rings is 1. The summed E-state index contributed by atoms with van der Waals surface area (Å²) in [7, 11) is 0. The van der Waals surface area contributed by atoms with Gasteiger partial charge in [-0.1, -0.05) is 15.9 Å². The maximum Gasteiger partial charge on any atom is 0.272 e. The minimum absolute atomic E-state index is 0.104. The Morgan fingerprint density at radius 3 is 2.60 bits per heavy atom. The zero-order valence-electron chi connectivity index (χ0n) is 10.7. The number of carbonyl (C=O) groups is 1. The third-order valence-electron chi connectivity index (χ3n) is 3.51. The van der Waals surface area contributed by atoms with Crippen molar-refractivity contribution in [2.24, 2.45) is 5.92 Å². The van der Waals surface area contributed by atoms with Crippen molar-refractivity contribution in [3.63, 3.8) is 0 Å². The summed E-state index contributed by atoms with van der Waals surface area (Å²) in [6.45, 7) is 1.18. The predicted octanol–water partition coefficient (Wildman–Crippen LogP) is 2.98. The van der Waals surface area contributed by atoms with Crippen LogP contribution >= 0.6 is 15.9 Å². The highest BCUT2D eigenvalue weighted by Crippen LogP contribution is 2.23. The Hall–Kier alpha value is -1.50. The van der Waals surface area contributed by atoms with Gasteiger partial charge in [-0.15, -0.1) is 0 Å². The molecule has 1 aromatic rings. The molecule has 1 saturated heterocycles. The molecule has 1 aliphatic heterocycles. The van der Waals surface area contributed by atoms with Crippen LogP contribution in [0.1, 0.15) is 23.2 Å². The van der Waals surface area contributed by atoms with E-state index in [9.17, 15) is 19.3 Å². The normalized spacial score (nSPS) is 16.2. The summed E-state index contributed by atoms with van der Waals surface area (Å²) in [5.41, 5.74) is -0.454. The first-order valence-electron chi connectivity index (χ1n) is 6.32. The number of hydrogen-bond acceptors (Lipinski definition) is 3. The monoisotopic (exact) mass is 344 g/mol. The van der Waals surface area contributed by atoms with Crippen LogP contribution in [0.4, 0.5) is 10.1 Å². The third-order valence-corrected chi connectivity index (χ3v) is 4.43. The fourth-order valence-corrected chi connectivity index (χ4v) is 2.90. The molecule has 1 heterocycles. The highest BCUT2D eigenvalue weighted by Gasteiger charge is 2.25. The van der Waals surface area contributed by atoms with Crippen molar-refractivity contribution in [1.29, 1.82) is 0 Å². The molecule has 0 spiro atoms. The number of halogens is 2. The van der Waals surface area contributed by atoms with Crippen molar-refractivity contribution in [3.8, 4) is 0 Å². The van der Waals surface area contributed by atoms with E-state index in [0.717, 1.165) is 30.3 Å². The average Bonchev–Trinajstić information content (AvgIpc) is 2.46. The Bertz CT molecular complexity index is 530. The molecular weight excluding hydrogens is 331 g/mol. The Balaban J connectivity index is 2.12. The van der Waals surface area contributed by atoms with Crippen LogP contribution < -0.4 is 0 Å². The van der Waals surface area contributed by atoms with Crippen LogP contribution in [-0.2, 0) is 0 Å². The van der Waals surface area contributed by atoms with Crippen molar-refractivity contribution < 1.29 is 14.1 Å². The quantitative estimate of drug-likeness (QED) is 0.481. The minimum atomic E-state index is -0.841. The van der Waals surface area contributed by atoms with Crippen molar-refractivity contribution in [1.82, 2.24) is 4.90 Å². The lowest BCUT2D eigenvalue weighted by Crippen LogP contribution is -2.39. The van der Waals surface area contributed by atoms with Crippen LogP contribution in [0.5, 0.6) is 0 Å². The number of carbonyl (C=O) groups excluding carboxylic acids is 1. The van der Waals surface area contributed by atoms with E-state index in [-0.39, 0.29) is 11.3 Å². The van der Waals surface area contributed by atoms with Gasteiger partial charge >= 0.3 is 0 Å². The second-order valence-electron chi connectivity index (χ2n) is 4.81. The molecule has 108 valence electrons. The van der Waals surface area contributed by atoms with E-state index in [1.807, 2.05) is 0 Å². The van der Waals surface area contributed by atoms with Gasteiger partial charge in [0.25, 0.3) is 11.6 Å². The van der Waals surface area contributed by atoms with E-state index in [2.05, 4.69) is 15.9 Å². The Morgan fingerprint density at radius 2 is 2.10 bits per heavy atom. The van der Waals surface area contributed by atoms with Crippen LogP contribution in [0, 0.1) is 21.8 Å². The number of alkyl halides is 1. The SMILES string of the molecule is O=C(c1ccc([N+](=O)[O-])cc1F)N1CCC(CBr)CC1. The number of likely N-dealkylation sites (tertiary alicyclic amines) is 1. The largest absolute Gasteiger partial charge is 0.339 e. The number of nitro benzene ring substituents is 1. The molecule has 1 aromatic carbocycles. The molecule has 7 heteroatoms. The highest BCUT2D eigenvalue weighted by molar-refractivity contribution is 9.09. The van der Waals surface area contributed by atoms with Gasteiger partial charge in [-0.3, -0.25) is 14.9 Å². The molecule has 1 aliphatic rings. The van der Waals surface area contributed by atoms with E-state index < -0.39 is 16.6 Å². The molecular formula is C13H14BrFN2O3. The Labute approximate surface area is 124 Å². The van der Waals surface area contributed by atoms with Crippen molar-refractivity contribution in [2.75, 3.05) is 18.4 Å². The average molecular weight is 345 g/mol. The lowest BCUT2D eigenvalue weighted by atomic mass is 9.98. The second kappa shape index (κ2) is 6.30. The fourth-order valence-electron chi connectivity index (χ4n) is 2.25. The first-order chi connectivity index (χ1) is 9.52. The van der Waals surface area contributed by atoms with E-state index in [4.69, 9.17) is 0 Å². The molecule has 1 amide bonds. The van der Waals surface area contributed by atoms with Gasteiger partial charge in [0, 0.05) is 24.5 Å². The van der Waals surface area contributed by atoms with Crippen LogP contribution in [0.3, 0.4) is 0 Å². The lowest BCUT2D eigenvalue weighted by molar-refractivity contribution is -0.385. The van der Waals surface area contributed by atoms with Gasteiger partial charge in [0.05, 0.1) is 16.6 Å². The number of non-ortho nitro benzene ring substituents is 1. The molecule has 5 nitrogen and oxygen atoms in total. The molecule has 1 fully saturated rings. The highest BCUT2D eigenvalue weighted by atomic mass is 79.9. The summed E-state index contributed by atoms with van der Waals surface area (Å²) in [6.07, 6.45) is 1.76. The molecule has 20 heavy (non-hydrogen) atoms. The third kappa shape index (κ3) is 3.15. The summed E-state index contributed by atoms with van der Waals surface area (Å²) < 4.78 is 13.8. The van der Waals surface area contributed by atoms with Crippen LogP contribution in [-0.4, -0.2) is 34.2 Å². The van der Waals surface area contributed by atoms with Gasteiger partial charge < -0.3 is 4.90 Å². The zero-order valence-corrected chi connectivity index (χ0v) is 12.3. The number of nitro groups is 1. The maximum absolute atomic E-state index is 13.8. The van der Waals surface area contributed by atoms with Crippen LogP contribution in [0.15, 0.2) is 18.2 Å². The summed E-state index contributed by atoms with van der Waals surface area (Å²) >= 11 is 3.42. The van der Waals surface area contributed by atoms with Crippen molar-refractivity contribution >= 4 is 27.5 Å². The summed E-state index contributed by atoms with van der Waals surface area (Å²) in [5.74, 6) is -0.696. The standard InChI is InChI=1S/C13H14BrFN2O3/c14-8-9-3-5-16(6-4-9)13(18)11-2-1-10(17(19)20)7-12(11)15/h1-2,7,9H,3-6,8H2. The molecule has 0 N–H and O–H groups in total. The molecule has 0 atom stereocenters. The van der Waals surface area contributed by atoms with Crippen LogP contribution in [0.2, 0.25) is 0 Å². The second-order valence-corrected chi connectivity index (χ2v) is 5.46. The van der Waals surface area contributed by atoms with E-state index in [1.54, 1.807) is 4.90 Å². The van der Waals surface area contributed by atoms with Crippen LogP contribution in [0.25, 0.3) is 0 Å². The van der Waals surface area contributed by atoms with Gasteiger partial charge in [0.2, 0.25) is 0 Å². The smallest absolute Gasteiger partial charge is 0.272 e. The Morgan fingerprint density at radius 1 is 1.45 bits per heavy atom. The van der Waals surface area contributed by atoms with Gasteiger partial charge in [0.1, 0.15) is 5.82 Å². The predicted molar refractivity (Wildman–Crippen MR) is 75.5 cm³/mol. The van der Waals surface area contributed by atoms with Gasteiger partial charge in [-0.05, 0) is 24.8 Å². The molecule has 0 saturated carbocycles. The van der Waals surface area contributed by atoms with Crippen molar-refractivity contribution in [2.45, 2.75) is 12.8 Å². The molecule has 0 aliphatic carbocycles. The summed E-state index contributed by atoms with van der Waals surface area (Å²) in [6, 6.07) is 3.13. The number of hydrogen-bond donors (Lipinski definition) is 0. The van der Waals surface area contributed by atoms with Gasteiger partial charge in [-0.2, -0.15) is 0 Å². The van der Waals surface area contributed by atoms with E-state index >= 15 is 0 Å². The lowest BCUT2D eigenvalue weighted by Gasteiger charge is -2.31. The molecule has 0 unspecified atom stereocenters. The molecule has 0 bridgehead atoms. The molecule has 0 aromatic heterocycles.